The third-order valence-corrected chi connectivity index (χ3v) is 4.95. The molecule has 2 N–H and O–H groups in total. The zero-order chi connectivity index (χ0) is 19.5. The molecular formula is C21H37IN4O2. The summed E-state index contributed by atoms with van der Waals surface area (Å²) >= 11 is 0. The molecule has 1 aliphatic rings. The summed E-state index contributed by atoms with van der Waals surface area (Å²) in [7, 11) is 3.38. The summed E-state index contributed by atoms with van der Waals surface area (Å²) in [6, 6.07) is 6.40. The lowest BCUT2D eigenvalue weighted by atomic mass is 10.1. The van der Waals surface area contributed by atoms with E-state index in [4.69, 9.17) is 14.5 Å². The molecule has 0 atom stereocenters. The molecule has 0 aromatic heterocycles. The van der Waals surface area contributed by atoms with Gasteiger partial charge in [-0.25, -0.2) is 0 Å². The van der Waals surface area contributed by atoms with Crippen LogP contribution in [0.5, 0.6) is 11.5 Å². The molecule has 28 heavy (non-hydrogen) atoms. The number of ether oxygens (including phenoxy) is 2. The van der Waals surface area contributed by atoms with Gasteiger partial charge in [-0.2, -0.15) is 0 Å². The van der Waals surface area contributed by atoms with E-state index in [0.717, 1.165) is 36.0 Å². The van der Waals surface area contributed by atoms with Gasteiger partial charge in [-0.1, -0.05) is 6.92 Å². The molecule has 1 heterocycles. The van der Waals surface area contributed by atoms with E-state index in [-0.39, 0.29) is 24.0 Å². The Morgan fingerprint density at radius 1 is 1.18 bits per heavy atom. The lowest BCUT2D eigenvalue weighted by molar-refractivity contribution is 0.206. The molecule has 0 radical (unpaired) electrons. The number of rotatable bonds is 9. The molecule has 1 saturated heterocycles. The third-order valence-electron chi connectivity index (χ3n) is 4.95. The number of hydrogen-bond acceptors (Lipinski definition) is 4. The summed E-state index contributed by atoms with van der Waals surface area (Å²) in [4.78, 5) is 7.33. The van der Waals surface area contributed by atoms with Crippen LogP contribution in [-0.2, 0) is 6.42 Å². The van der Waals surface area contributed by atoms with E-state index >= 15 is 0 Å². The van der Waals surface area contributed by atoms with E-state index in [9.17, 15) is 0 Å². The molecule has 6 nitrogen and oxygen atoms in total. The van der Waals surface area contributed by atoms with Gasteiger partial charge in [0, 0.05) is 32.2 Å². The first kappa shape index (κ1) is 24.8. The molecule has 7 heteroatoms. The molecule has 1 aliphatic heterocycles. The molecule has 1 fully saturated rings. The molecule has 0 spiro atoms. The number of hydrogen-bond donors (Lipinski definition) is 2. The number of benzene rings is 1. The first-order valence-corrected chi connectivity index (χ1v) is 10.2. The van der Waals surface area contributed by atoms with Crippen LogP contribution >= 0.6 is 24.0 Å². The van der Waals surface area contributed by atoms with Crippen LogP contribution in [0.2, 0.25) is 0 Å². The summed E-state index contributed by atoms with van der Waals surface area (Å²) in [6.07, 6.45) is 4.39. The number of likely N-dealkylation sites (tertiary alicyclic amines) is 1. The summed E-state index contributed by atoms with van der Waals surface area (Å²) < 4.78 is 10.8. The maximum absolute atomic E-state index is 5.46. The Morgan fingerprint density at radius 3 is 2.54 bits per heavy atom. The Labute approximate surface area is 187 Å². The average Bonchev–Trinajstić information content (AvgIpc) is 2.69. The van der Waals surface area contributed by atoms with Crippen molar-refractivity contribution in [2.45, 2.75) is 45.6 Å². The highest BCUT2D eigenvalue weighted by Crippen LogP contribution is 2.24. The fraction of sp³-hybridized carbons (Fsp3) is 0.667. The monoisotopic (exact) mass is 504 g/mol. The summed E-state index contributed by atoms with van der Waals surface area (Å²) in [5.74, 6) is 2.64. The lowest BCUT2D eigenvalue weighted by Gasteiger charge is -2.32. The van der Waals surface area contributed by atoms with Crippen LogP contribution < -0.4 is 20.1 Å². The minimum Gasteiger partial charge on any atom is -0.497 e. The Hall–Kier alpha value is -1.22. The van der Waals surface area contributed by atoms with E-state index in [0.29, 0.717) is 12.6 Å². The van der Waals surface area contributed by atoms with Gasteiger partial charge in [0.1, 0.15) is 11.5 Å². The predicted molar refractivity (Wildman–Crippen MR) is 128 cm³/mol. The van der Waals surface area contributed by atoms with Crippen molar-refractivity contribution in [3.8, 4) is 11.5 Å². The fourth-order valence-corrected chi connectivity index (χ4v) is 3.50. The largest absolute Gasteiger partial charge is 0.497 e. The lowest BCUT2D eigenvalue weighted by Crippen LogP contribution is -2.48. The first-order valence-electron chi connectivity index (χ1n) is 10.2. The van der Waals surface area contributed by atoms with Crippen LogP contribution in [-0.4, -0.2) is 63.8 Å². The van der Waals surface area contributed by atoms with Crippen LogP contribution in [0.15, 0.2) is 23.2 Å². The minimum atomic E-state index is 0. The number of halogens is 1. The molecule has 1 aromatic carbocycles. The topological polar surface area (TPSA) is 58.1 Å². The normalized spacial score (nSPS) is 15.6. The van der Waals surface area contributed by atoms with Gasteiger partial charge in [0.25, 0.3) is 0 Å². The molecular weight excluding hydrogens is 467 g/mol. The minimum absolute atomic E-state index is 0. The number of nitrogens with zero attached hydrogens (tertiary/aromatic N) is 2. The molecule has 0 aliphatic carbocycles. The van der Waals surface area contributed by atoms with Crippen molar-refractivity contribution in [2.75, 3.05) is 46.9 Å². The van der Waals surface area contributed by atoms with Crippen molar-refractivity contribution in [3.05, 3.63) is 23.8 Å². The molecule has 2 rings (SSSR count). The van der Waals surface area contributed by atoms with E-state index in [1.54, 1.807) is 14.2 Å². The Morgan fingerprint density at radius 2 is 1.93 bits per heavy atom. The maximum Gasteiger partial charge on any atom is 0.191 e. The van der Waals surface area contributed by atoms with E-state index in [2.05, 4.69) is 29.4 Å². The Balaban J connectivity index is 0.00000392. The average molecular weight is 504 g/mol. The standard InChI is InChI=1S/C21H36N4O2.HI/c1-5-13-25-14-10-18(11-15-25)24-21(22-6-2)23-12-9-17-16-19(26-3)7-8-20(17)27-4;/h7-8,16,18H,5-6,9-15H2,1-4H3,(H2,22,23,24);1H. The zero-order valence-electron chi connectivity index (χ0n) is 17.8. The smallest absolute Gasteiger partial charge is 0.191 e. The van der Waals surface area contributed by atoms with Gasteiger partial charge in [-0.3, -0.25) is 4.99 Å². The number of piperidine rings is 1. The fourth-order valence-electron chi connectivity index (χ4n) is 3.50. The van der Waals surface area contributed by atoms with Crippen LogP contribution in [0.3, 0.4) is 0 Å². The SMILES string of the molecule is CCCN1CCC(NC(=NCCc2cc(OC)ccc2OC)NCC)CC1.I. The summed E-state index contributed by atoms with van der Waals surface area (Å²) in [6.45, 7) is 9.47. The van der Waals surface area contributed by atoms with Gasteiger partial charge in [0.05, 0.1) is 14.2 Å². The molecule has 0 amide bonds. The van der Waals surface area contributed by atoms with E-state index in [1.165, 1.54) is 38.9 Å². The number of nitrogens with one attached hydrogen (secondary N) is 2. The Bertz CT molecular complexity index is 590. The highest BCUT2D eigenvalue weighted by molar-refractivity contribution is 14.0. The summed E-state index contributed by atoms with van der Waals surface area (Å²) in [5.41, 5.74) is 1.12. The zero-order valence-corrected chi connectivity index (χ0v) is 20.1. The Kier molecular flexibility index (Phi) is 12.3. The van der Waals surface area contributed by atoms with Crippen molar-refractivity contribution in [1.82, 2.24) is 15.5 Å². The van der Waals surface area contributed by atoms with Gasteiger partial charge < -0.3 is 25.0 Å². The van der Waals surface area contributed by atoms with Crippen LogP contribution in [0, 0.1) is 0 Å². The quantitative estimate of drug-likeness (QED) is 0.307. The van der Waals surface area contributed by atoms with Crippen molar-refractivity contribution in [2.24, 2.45) is 4.99 Å². The van der Waals surface area contributed by atoms with E-state index in [1.807, 2.05) is 18.2 Å². The van der Waals surface area contributed by atoms with Crippen molar-refractivity contribution >= 4 is 29.9 Å². The van der Waals surface area contributed by atoms with Crippen molar-refractivity contribution in [1.29, 1.82) is 0 Å². The van der Waals surface area contributed by atoms with Gasteiger partial charge >= 0.3 is 0 Å². The highest BCUT2D eigenvalue weighted by Gasteiger charge is 2.19. The second kappa shape index (κ2) is 13.9. The molecule has 0 saturated carbocycles. The van der Waals surface area contributed by atoms with Crippen LogP contribution in [0.1, 0.15) is 38.7 Å². The van der Waals surface area contributed by atoms with Crippen molar-refractivity contribution in [3.63, 3.8) is 0 Å². The van der Waals surface area contributed by atoms with Gasteiger partial charge in [0.2, 0.25) is 0 Å². The van der Waals surface area contributed by atoms with Gasteiger partial charge in [0.15, 0.2) is 5.96 Å². The van der Waals surface area contributed by atoms with Gasteiger partial charge in [-0.15, -0.1) is 24.0 Å². The van der Waals surface area contributed by atoms with Crippen LogP contribution in [0.4, 0.5) is 0 Å². The number of aliphatic imine (C=N–C) groups is 1. The van der Waals surface area contributed by atoms with Gasteiger partial charge in [-0.05, 0) is 62.9 Å². The van der Waals surface area contributed by atoms with Crippen LogP contribution in [0.25, 0.3) is 0 Å². The predicted octanol–water partition coefficient (Wildman–Crippen LogP) is 3.29. The van der Waals surface area contributed by atoms with Crippen molar-refractivity contribution < 1.29 is 9.47 Å². The van der Waals surface area contributed by atoms with E-state index < -0.39 is 0 Å². The maximum atomic E-state index is 5.46. The number of methoxy groups -OCH3 is 2. The first-order chi connectivity index (χ1) is 13.2. The molecule has 0 bridgehead atoms. The highest BCUT2D eigenvalue weighted by atomic mass is 127. The molecule has 1 aromatic rings. The second-order valence-electron chi connectivity index (χ2n) is 6.95. The second-order valence-corrected chi connectivity index (χ2v) is 6.95. The number of guanidine groups is 1. The molecule has 160 valence electrons. The third kappa shape index (κ3) is 8.03. The molecule has 0 unspecified atom stereocenters. The summed E-state index contributed by atoms with van der Waals surface area (Å²) in [5, 5.41) is 6.99.